The van der Waals surface area contributed by atoms with Crippen molar-refractivity contribution in [2.45, 2.75) is 39.7 Å². The zero-order valence-electron chi connectivity index (χ0n) is 17.2. The number of carbonyl (C=O) groups excluding carboxylic acids is 1. The van der Waals surface area contributed by atoms with Gasteiger partial charge < -0.3 is 14.2 Å². The van der Waals surface area contributed by atoms with E-state index in [0.29, 0.717) is 23.9 Å². The number of nitrogens with zero attached hydrogens (tertiary/aromatic N) is 1. The highest BCUT2D eigenvalue weighted by Crippen LogP contribution is 2.28. The molecule has 0 aliphatic carbocycles. The third kappa shape index (κ3) is 7.09. The van der Waals surface area contributed by atoms with Crippen molar-refractivity contribution >= 4 is 28.1 Å². The number of hydrogen-bond donors (Lipinski definition) is 1. The van der Waals surface area contributed by atoms with Gasteiger partial charge in [0.2, 0.25) is 0 Å². The standard InChI is InChI=1S/C22H27BrN2O4/c1-5-6-11-28-20-10-8-17(13-21(20)27-4)14-24-25-22(26)16(3)29-19-9-7-15(2)12-18(19)23/h7-10,12-14,16H,5-6,11H2,1-4H3,(H,25,26)/b24-14-/t16-/m0/s1. The lowest BCUT2D eigenvalue weighted by Crippen LogP contribution is -2.33. The molecule has 0 spiro atoms. The Kier molecular flexibility index (Phi) is 8.99. The van der Waals surface area contributed by atoms with E-state index in [9.17, 15) is 4.79 Å². The van der Waals surface area contributed by atoms with Crippen LogP contribution in [0.2, 0.25) is 0 Å². The quantitative estimate of drug-likeness (QED) is 0.310. The number of ether oxygens (including phenoxy) is 3. The Morgan fingerprint density at radius 3 is 2.66 bits per heavy atom. The van der Waals surface area contributed by atoms with Gasteiger partial charge in [0, 0.05) is 0 Å². The van der Waals surface area contributed by atoms with E-state index < -0.39 is 6.10 Å². The Hall–Kier alpha value is -2.54. The summed E-state index contributed by atoms with van der Waals surface area (Å²) in [6, 6.07) is 11.2. The van der Waals surface area contributed by atoms with Gasteiger partial charge in [-0.3, -0.25) is 4.79 Å². The van der Waals surface area contributed by atoms with Crippen LogP contribution in [0.1, 0.15) is 37.8 Å². The summed E-state index contributed by atoms with van der Waals surface area (Å²) in [5.41, 5.74) is 4.37. The minimum atomic E-state index is -0.699. The van der Waals surface area contributed by atoms with Gasteiger partial charge in [0.25, 0.3) is 5.91 Å². The van der Waals surface area contributed by atoms with E-state index in [2.05, 4.69) is 33.4 Å². The molecule has 2 aromatic rings. The maximum Gasteiger partial charge on any atom is 0.280 e. The Labute approximate surface area is 180 Å². The van der Waals surface area contributed by atoms with Gasteiger partial charge in [0.05, 0.1) is 24.4 Å². The molecule has 0 radical (unpaired) electrons. The Morgan fingerprint density at radius 2 is 1.97 bits per heavy atom. The van der Waals surface area contributed by atoms with E-state index in [0.717, 1.165) is 28.4 Å². The SMILES string of the molecule is CCCCOc1ccc(/C=N\NC(=O)[C@H](C)Oc2ccc(C)cc2Br)cc1OC. The molecule has 0 fully saturated rings. The van der Waals surface area contributed by atoms with Crippen molar-refractivity contribution in [2.75, 3.05) is 13.7 Å². The molecular weight excluding hydrogens is 436 g/mol. The molecule has 2 rings (SSSR count). The van der Waals surface area contributed by atoms with E-state index in [1.165, 1.54) is 0 Å². The molecule has 29 heavy (non-hydrogen) atoms. The fraction of sp³-hybridized carbons (Fsp3) is 0.364. The first-order valence-corrected chi connectivity index (χ1v) is 10.3. The molecular formula is C22H27BrN2O4. The van der Waals surface area contributed by atoms with Crippen molar-refractivity contribution in [1.82, 2.24) is 5.43 Å². The van der Waals surface area contributed by atoms with Crippen LogP contribution < -0.4 is 19.6 Å². The van der Waals surface area contributed by atoms with Crippen LogP contribution in [0.15, 0.2) is 46.0 Å². The zero-order chi connectivity index (χ0) is 21.2. The molecule has 1 N–H and O–H groups in total. The Balaban J connectivity index is 1.93. The number of amides is 1. The minimum absolute atomic E-state index is 0.347. The second kappa shape index (κ2) is 11.5. The number of rotatable bonds is 10. The number of unbranched alkanes of at least 4 members (excludes halogenated alkanes) is 1. The first-order chi connectivity index (χ1) is 13.9. The Bertz CT molecular complexity index is 855. The summed E-state index contributed by atoms with van der Waals surface area (Å²) in [5, 5.41) is 4.01. The molecule has 0 saturated heterocycles. The number of nitrogens with one attached hydrogen (secondary N) is 1. The van der Waals surface area contributed by atoms with Crippen molar-refractivity contribution < 1.29 is 19.0 Å². The Morgan fingerprint density at radius 1 is 1.21 bits per heavy atom. The van der Waals surface area contributed by atoms with Gasteiger partial charge in [-0.2, -0.15) is 5.10 Å². The topological polar surface area (TPSA) is 69.2 Å². The van der Waals surface area contributed by atoms with Gasteiger partial charge in [-0.1, -0.05) is 19.4 Å². The summed E-state index contributed by atoms with van der Waals surface area (Å²) in [7, 11) is 1.59. The van der Waals surface area contributed by atoms with Gasteiger partial charge >= 0.3 is 0 Å². The predicted octanol–water partition coefficient (Wildman–Crippen LogP) is 4.86. The van der Waals surface area contributed by atoms with Crippen LogP contribution in [0.4, 0.5) is 0 Å². The summed E-state index contributed by atoms with van der Waals surface area (Å²) in [6.45, 7) is 6.41. The molecule has 0 aliphatic heterocycles. The van der Waals surface area contributed by atoms with Gasteiger partial charge in [-0.05, 0) is 77.7 Å². The summed E-state index contributed by atoms with van der Waals surface area (Å²) in [5.74, 6) is 1.57. The first-order valence-electron chi connectivity index (χ1n) is 9.51. The number of halogens is 1. The van der Waals surface area contributed by atoms with Crippen LogP contribution in [0.3, 0.4) is 0 Å². The number of benzene rings is 2. The second-order valence-corrected chi connectivity index (χ2v) is 7.39. The maximum atomic E-state index is 12.2. The summed E-state index contributed by atoms with van der Waals surface area (Å²) in [6.07, 6.45) is 2.90. The lowest BCUT2D eigenvalue weighted by Gasteiger charge is -2.14. The smallest absolute Gasteiger partial charge is 0.280 e. The molecule has 0 heterocycles. The summed E-state index contributed by atoms with van der Waals surface area (Å²) in [4.78, 5) is 12.2. The van der Waals surface area contributed by atoms with Gasteiger partial charge in [0.15, 0.2) is 17.6 Å². The van der Waals surface area contributed by atoms with E-state index in [4.69, 9.17) is 14.2 Å². The van der Waals surface area contributed by atoms with Crippen LogP contribution in [0, 0.1) is 6.92 Å². The number of methoxy groups -OCH3 is 1. The van der Waals surface area contributed by atoms with E-state index in [1.807, 2.05) is 37.3 Å². The van der Waals surface area contributed by atoms with Crippen molar-refractivity contribution in [3.05, 3.63) is 52.0 Å². The number of hydrogen-bond acceptors (Lipinski definition) is 5. The van der Waals surface area contributed by atoms with Gasteiger partial charge in [-0.25, -0.2) is 5.43 Å². The van der Waals surface area contributed by atoms with E-state index >= 15 is 0 Å². The van der Waals surface area contributed by atoms with Crippen LogP contribution in [0.25, 0.3) is 0 Å². The lowest BCUT2D eigenvalue weighted by atomic mass is 10.2. The largest absolute Gasteiger partial charge is 0.493 e. The molecule has 6 nitrogen and oxygen atoms in total. The van der Waals surface area contributed by atoms with Gasteiger partial charge in [0.1, 0.15) is 5.75 Å². The minimum Gasteiger partial charge on any atom is -0.493 e. The molecule has 0 saturated carbocycles. The van der Waals surface area contributed by atoms with E-state index in [1.54, 1.807) is 26.3 Å². The molecule has 0 bridgehead atoms. The third-order valence-corrected chi connectivity index (χ3v) is 4.71. The molecule has 7 heteroatoms. The normalized spacial score (nSPS) is 11.9. The molecule has 1 amide bonds. The van der Waals surface area contributed by atoms with Crippen LogP contribution in [-0.4, -0.2) is 31.9 Å². The lowest BCUT2D eigenvalue weighted by molar-refractivity contribution is -0.127. The summed E-state index contributed by atoms with van der Waals surface area (Å²) < 4.78 is 17.6. The molecule has 1 atom stereocenters. The van der Waals surface area contributed by atoms with Gasteiger partial charge in [-0.15, -0.1) is 0 Å². The van der Waals surface area contributed by atoms with Crippen molar-refractivity contribution in [1.29, 1.82) is 0 Å². The molecule has 2 aromatic carbocycles. The highest BCUT2D eigenvalue weighted by Gasteiger charge is 2.15. The monoisotopic (exact) mass is 462 g/mol. The molecule has 156 valence electrons. The average molecular weight is 463 g/mol. The number of aryl methyl sites for hydroxylation is 1. The molecule has 0 aliphatic rings. The van der Waals surface area contributed by atoms with Crippen molar-refractivity contribution in [2.24, 2.45) is 5.10 Å². The highest BCUT2D eigenvalue weighted by atomic mass is 79.9. The maximum absolute atomic E-state index is 12.2. The molecule has 0 unspecified atom stereocenters. The summed E-state index contributed by atoms with van der Waals surface area (Å²) >= 11 is 3.44. The fourth-order valence-corrected chi connectivity index (χ4v) is 3.00. The average Bonchev–Trinajstić information content (AvgIpc) is 2.70. The fourth-order valence-electron chi connectivity index (χ4n) is 2.42. The number of carbonyl (C=O) groups is 1. The van der Waals surface area contributed by atoms with Crippen LogP contribution in [-0.2, 0) is 4.79 Å². The highest BCUT2D eigenvalue weighted by molar-refractivity contribution is 9.10. The van der Waals surface area contributed by atoms with Crippen molar-refractivity contribution in [3.8, 4) is 17.2 Å². The second-order valence-electron chi connectivity index (χ2n) is 6.54. The first kappa shape index (κ1) is 22.7. The third-order valence-electron chi connectivity index (χ3n) is 4.09. The molecule has 0 aromatic heterocycles. The zero-order valence-corrected chi connectivity index (χ0v) is 18.8. The van der Waals surface area contributed by atoms with Crippen LogP contribution >= 0.6 is 15.9 Å². The van der Waals surface area contributed by atoms with Crippen LogP contribution in [0.5, 0.6) is 17.2 Å². The van der Waals surface area contributed by atoms with E-state index in [-0.39, 0.29) is 5.91 Å². The predicted molar refractivity (Wildman–Crippen MR) is 118 cm³/mol. The van der Waals surface area contributed by atoms with Crippen molar-refractivity contribution in [3.63, 3.8) is 0 Å². The number of hydrazone groups is 1.